The van der Waals surface area contributed by atoms with Crippen molar-refractivity contribution in [3.05, 3.63) is 33.2 Å². The summed E-state index contributed by atoms with van der Waals surface area (Å²) in [5.74, 6) is -0.880. The van der Waals surface area contributed by atoms with Gasteiger partial charge in [-0.25, -0.2) is 4.79 Å². The SMILES string of the molecule is COC(=O)C(CC(C)C)NC(=O)c1c(C)cc(C)[nH]c1=O. The van der Waals surface area contributed by atoms with E-state index >= 15 is 0 Å². The summed E-state index contributed by atoms with van der Waals surface area (Å²) in [6.45, 7) is 7.30. The largest absolute Gasteiger partial charge is 0.467 e. The highest BCUT2D eigenvalue weighted by Gasteiger charge is 2.25. The second-order valence-electron chi connectivity index (χ2n) is 5.52. The summed E-state index contributed by atoms with van der Waals surface area (Å²) in [5, 5.41) is 2.58. The number of rotatable bonds is 5. The van der Waals surface area contributed by atoms with Crippen LogP contribution in [-0.2, 0) is 9.53 Å². The van der Waals surface area contributed by atoms with Crippen molar-refractivity contribution >= 4 is 11.9 Å². The van der Waals surface area contributed by atoms with E-state index in [2.05, 4.69) is 15.0 Å². The Labute approximate surface area is 123 Å². The number of esters is 1. The van der Waals surface area contributed by atoms with Crippen LogP contribution in [0.15, 0.2) is 10.9 Å². The second kappa shape index (κ2) is 7.06. The van der Waals surface area contributed by atoms with E-state index in [1.54, 1.807) is 19.9 Å². The van der Waals surface area contributed by atoms with E-state index < -0.39 is 23.5 Å². The molecule has 0 bridgehead atoms. The van der Waals surface area contributed by atoms with Crippen LogP contribution in [0, 0.1) is 19.8 Å². The highest BCUT2D eigenvalue weighted by Crippen LogP contribution is 2.09. The molecule has 1 heterocycles. The molecule has 1 aromatic heterocycles. The van der Waals surface area contributed by atoms with Gasteiger partial charge in [0.05, 0.1) is 7.11 Å². The Morgan fingerprint density at radius 3 is 2.43 bits per heavy atom. The van der Waals surface area contributed by atoms with E-state index in [4.69, 9.17) is 0 Å². The minimum Gasteiger partial charge on any atom is -0.467 e. The number of aromatic amines is 1. The number of carbonyl (C=O) groups is 2. The van der Waals surface area contributed by atoms with Crippen molar-refractivity contribution in [1.29, 1.82) is 0 Å². The lowest BCUT2D eigenvalue weighted by molar-refractivity contribution is -0.143. The van der Waals surface area contributed by atoms with Crippen molar-refractivity contribution in [2.75, 3.05) is 7.11 Å². The van der Waals surface area contributed by atoms with E-state index in [0.717, 1.165) is 0 Å². The van der Waals surface area contributed by atoms with E-state index in [1.165, 1.54) is 7.11 Å². The molecule has 0 aromatic carbocycles. The average Bonchev–Trinajstić information content (AvgIpc) is 2.35. The van der Waals surface area contributed by atoms with Gasteiger partial charge in [0.2, 0.25) is 0 Å². The fraction of sp³-hybridized carbons (Fsp3) is 0.533. The fourth-order valence-electron chi connectivity index (χ4n) is 2.19. The van der Waals surface area contributed by atoms with Crippen molar-refractivity contribution in [2.24, 2.45) is 5.92 Å². The second-order valence-corrected chi connectivity index (χ2v) is 5.52. The van der Waals surface area contributed by atoms with Crippen LogP contribution in [0.2, 0.25) is 0 Å². The van der Waals surface area contributed by atoms with Crippen molar-refractivity contribution in [1.82, 2.24) is 10.3 Å². The van der Waals surface area contributed by atoms with E-state index in [9.17, 15) is 14.4 Å². The van der Waals surface area contributed by atoms with Crippen LogP contribution in [0.25, 0.3) is 0 Å². The van der Waals surface area contributed by atoms with Crippen LogP contribution >= 0.6 is 0 Å². The molecule has 0 aliphatic heterocycles. The molecule has 1 unspecified atom stereocenters. The molecule has 116 valence electrons. The molecule has 0 saturated carbocycles. The molecule has 0 spiro atoms. The van der Waals surface area contributed by atoms with Crippen molar-refractivity contribution in [3.8, 4) is 0 Å². The maximum atomic E-state index is 12.3. The molecule has 0 fully saturated rings. The Balaban J connectivity index is 3.02. The molecule has 6 heteroatoms. The Kier molecular flexibility index (Phi) is 5.69. The average molecular weight is 294 g/mol. The number of ether oxygens (including phenoxy) is 1. The van der Waals surface area contributed by atoms with E-state index in [1.807, 2.05) is 13.8 Å². The number of carbonyl (C=O) groups excluding carboxylic acids is 2. The number of methoxy groups -OCH3 is 1. The maximum Gasteiger partial charge on any atom is 0.328 e. The molecule has 6 nitrogen and oxygen atoms in total. The van der Waals surface area contributed by atoms with Crippen LogP contribution in [0.3, 0.4) is 0 Å². The summed E-state index contributed by atoms with van der Waals surface area (Å²) in [7, 11) is 1.27. The summed E-state index contributed by atoms with van der Waals surface area (Å²) >= 11 is 0. The molecule has 0 aliphatic carbocycles. The number of nitrogens with one attached hydrogen (secondary N) is 2. The predicted molar refractivity (Wildman–Crippen MR) is 79.3 cm³/mol. The summed E-state index contributed by atoms with van der Waals surface area (Å²) in [6.07, 6.45) is 0.446. The number of aromatic nitrogens is 1. The first-order valence-electron chi connectivity index (χ1n) is 6.85. The van der Waals surface area contributed by atoms with Gasteiger partial charge in [-0.1, -0.05) is 13.8 Å². The van der Waals surface area contributed by atoms with Gasteiger partial charge in [0, 0.05) is 5.69 Å². The molecule has 1 aromatic rings. The quantitative estimate of drug-likeness (QED) is 0.801. The van der Waals surface area contributed by atoms with E-state index in [0.29, 0.717) is 17.7 Å². The predicted octanol–water partition coefficient (Wildman–Crippen LogP) is 1.31. The Bertz CT molecular complexity index is 590. The van der Waals surface area contributed by atoms with Crippen LogP contribution in [0.4, 0.5) is 0 Å². The Hall–Kier alpha value is -2.11. The lowest BCUT2D eigenvalue weighted by atomic mass is 10.0. The van der Waals surface area contributed by atoms with Gasteiger partial charge >= 0.3 is 5.97 Å². The van der Waals surface area contributed by atoms with Gasteiger partial charge in [0.25, 0.3) is 11.5 Å². The molecular formula is C15H22N2O4. The van der Waals surface area contributed by atoms with Gasteiger partial charge in [-0.15, -0.1) is 0 Å². The van der Waals surface area contributed by atoms with Gasteiger partial charge in [0.1, 0.15) is 11.6 Å². The molecule has 1 rings (SSSR count). The normalized spacial score (nSPS) is 12.1. The standard InChI is InChI=1S/C15H22N2O4/c1-8(2)6-11(15(20)21-5)17-14(19)12-9(3)7-10(4)16-13(12)18/h7-8,11H,6H2,1-5H3,(H,16,18)(H,17,19). The minimum absolute atomic E-state index is 0.0262. The van der Waals surface area contributed by atoms with Crippen LogP contribution in [0.1, 0.15) is 41.9 Å². The molecular weight excluding hydrogens is 272 g/mol. The molecule has 1 atom stereocenters. The third kappa shape index (κ3) is 4.44. The van der Waals surface area contributed by atoms with E-state index in [-0.39, 0.29) is 11.5 Å². The lowest BCUT2D eigenvalue weighted by Crippen LogP contribution is -2.44. The summed E-state index contributed by atoms with van der Waals surface area (Å²) in [5.41, 5.74) is 0.819. The van der Waals surface area contributed by atoms with Crippen molar-refractivity contribution < 1.29 is 14.3 Å². The maximum absolute atomic E-state index is 12.3. The van der Waals surface area contributed by atoms with Gasteiger partial charge in [-0.2, -0.15) is 0 Å². The minimum atomic E-state index is -0.761. The van der Waals surface area contributed by atoms with Gasteiger partial charge in [-0.05, 0) is 37.8 Å². The third-order valence-corrected chi connectivity index (χ3v) is 3.09. The van der Waals surface area contributed by atoms with Gasteiger partial charge in [-0.3, -0.25) is 9.59 Å². The van der Waals surface area contributed by atoms with Crippen molar-refractivity contribution in [3.63, 3.8) is 0 Å². The third-order valence-electron chi connectivity index (χ3n) is 3.09. The zero-order chi connectivity index (χ0) is 16.2. The smallest absolute Gasteiger partial charge is 0.328 e. The van der Waals surface area contributed by atoms with Crippen LogP contribution in [0.5, 0.6) is 0 Å². The first-order valence-corrected chi connectivity index (χ1v) is 6.85. The highest BCUT2D eigenvalue weighted by atomic mass is 16.5. The topological polar surface area (TPSA) is 88.3 Å². The van der Waals surface area contributed by atoms with Gasteiger partial charge in [0.15, 0.2) is 0 Å². The molecule has 2 N–H and O–H groups in total. The number of amides is 1. The van der Waals surface area contributed by atoms with Crippen molar-refractivity contribution in [2.45, 2.75) is 40.2 Å². The number of hydrogen-bond acceptors (Lipinski definition) is 4. The first kappa shape index (κ1) is 16.9. The van der Waals surface area contributed by atoms with Crippen LogP contribution < -0.4 is 10.9 Å². The van der Waals surface area contributed by atoms with Gasteiger partial charge < -0.3 is 15.0 Å². The highest BCUT2D eigenvalue weighted by molar-refractivity contribution is 5.97. The lowest BCUT2D eigenvalue weighted by Gasteiger charge is -2.18. The number of H-pyrrole nitrogens is 1. The fourth-order valence-corrected chi connectivity index (χ4v) is 2.19. The Morgan fingerprint density at radius 1 is 1.33 bits per heavy atom. The number of aryl methyl sites for hydroxylation is 2. The first-order chi connectivity index (χ1) is 9.76. The molecule has 0 aliphatic rings. The summed E-state index contributed by atoms with van der Waals surface area (Å²) < 4.78 is 4.69. The number of pyridine rings is 1. The summed E-state index contributed by atoms with van der Waals surface area (Å²) in [4.78, 5) is 38.5. The summed E-state index contributed by atoms with van der Waals surface area (Å²) in [6, 6.07) is 0.953. The molecule has 0 saturated heterocycles. The zero-order valence-corrected chi connectivity index (χ0v) is 13.1. The zero-order valence-electron chi connectivity index (χ0n) is 13.1. The monoisotopic (exact) mass is 294 g/mol. The van der Waals surface area contributed by atoms with Crippen LogP contribution in [-0.4, -0.2) is 30.0 Å². The Morgan fingerprint density at radius 2 is 1.95 bits per heavy atom. The molecule has 1 amide bonds. The molecule has 0 radical (unpaired) electrons. The number of hydrogen-bond donors (Lipinski definition) is 2. The molecule has 21 heavy (non-hydrogen) atoms.